The fourth-order valence-corrected chi connectivity index (χ4v) is 1.80. The second kappa shape index (κ2) is 9.70. The summed E-state index contributed by atoms with van der Waals surface area (Å²) >= 11 is 0. The van der Waals surface area contributed by atoms with Crippen molar-refractivity contribution in [2.24, 2.45) is 11.7 Å². The topological polar surface area (TPSA) is 64.3 Å². The molecule has 0 aliphatic carbocycles. The number of rotatable bonds is 7. The third-order valence-electron chi connectivity index (χ3n) is 3.78. The van der Waals surface area contributed by atoms with Crippen LogP contribution in [0.2, 0.25) is 0 Å². The largest absolute Gasteiger partial charge is 0.490 e. The van der Waals surface area contributed by atoms with Gasteiger partial charge in [-0.2, -0.15) is 0 Å². The molecule has 0 aliphatic rings. The maximum atomic E-state index is 12.0. The van der Waals surface area contributed by atoms with Gasteiger partial charge in [-0.3, -0.25) is 4.79 Å². The van der Waals surface area contributed by atoms with E-state index in [1.807, 2.05) is 45.9 Å². The molecule has 5 heteroatoms. The highest BCUT2D eigenvalue weighted by Gasteiger charge is 2.17. The van der Waals surface area contributed by atoms with E-state index in [4.69, 9.17) is 10.5 Å². The summed E-state index contributed by atoms with van der Waals surface area (Å²) in [5.74, 6) is 0.618. The maximum Gasteiger partial charge on any atom is 0.224 e. The lowest BCUT2D eigenvalue weighted by Crippen LogP contribution is -2.38. The van der Waals surface area contributed by atoms with E-state index < -0.39 is 0 Å². The molecule has 0 saturated heterocycles. The lowest BCUT2D eigenvalue weighted by Gasteiger charge is -2.19. The van der Waals surface area contributed by atoms with Crippen LogP contribution in [0, 0.1) is 12.8 Å². The fourth-order valence-electron chi connectivity index (χ4n) is 1.80. The Morgan fingerprint density at radius 3 is 2.50 bits per heavy atom. The normalized spacial score (nSPS) is 14.5. The first-order chi connectivity index (χ1) is 9.85. The molecule has 1 aromatic carbocycles. The van der Waals surface area contributed by atoms with Crippen LogP contribution in [0.15, 0.2) is 18.2 Å². The summed E-state index contributed by atoms with van der Waals surface area (Å²) in [4.78, 5) is 12.0. The molecule has 0 saturated carbocycles. The number of nitrogens with two attached hydrogens (primary N) is 1. The number of carbonyl (C=O) groups is 1. The van der Waals surface area contributed by atoms with Gasteiger partial charge in [0.1, 0.15) is 5.75 Å². The van der Waals surface area contributed by atoms with E-state index in [1.165, 1.54) is 0 Å². The minimum Gasteiger partial charge on any atom is -0.490 e. The van der Waals surface area contributed by atoms with Crippen LogP contribution in [0.25, 0.3) is 0 Å². The smallest absolute Gasteiger partial charge is 0.224 e. The van der Waals surface area contributed by atoms with Crippen LogP contribution < -0.4 is 15.8 Å². The lowest BCUT2D eigenvalue weighted by atomic mass is 10.0. The van der Waals surface area contributed by atoms with E-state index in [2.05, 4.69) is 12.2 Å². The number of aryl methyl sites for hydroxylation is 1. The van der Waals surface area contributed by atoms with E-state index in [0.29, 0.717) is 6.54 Å². The molecule has 0 aromatic heterocycles. The van der Waals surface area contributed by atoms with Gasteiger partial charge in [-0.25, -0.2) is 0 Å². The van der Waals surface area contributed by atoms with Crippen molar-refractivity contribution in [1.82, 2.24) is 5.32 Å². The molecular formula is C17H29ClN2O2. The van der Waals surface area contributed by atoms with Crippen molar-refractivity contribution < 1.29 is 9.53 Å². The first-order valence-electron chi connectivity index (χ1n) is 7.64. The minimum atomic E-state index is -0.200. The quantitative estimate of drug-likeness (QED) is 0.808. The SMILES string of the molecule is CCC(C)Oc1cc(C)ccc1CNC(=O)C(C)C(C)N.Cl. The van der Waals surface area contributed by atoms with Crippen LogP contribution in [0.5, 0.6) is 5.75 Å². The number of nitrogens with one attached hydrogen (secondary N) is 1. The highest BCUT2D eigenvalue weighted by molar-refractivity contribution is 5.85. The molecular weight excluding hydrogens is 300 g/mol. The van der Waals surface area contributed by atoms with Crippen molar-refractivity contribution >= 4 is 18.3 Å². The van der Waals surface area contributed by atoms with E-state index in [9.17, 15) is 4.79 Å². The summed E-state index contributed by atoms with van der Waals surface area (Å²) in [6.07, 6.45) is 1.10. The fraction of sp³-hybridized carbons (Fsp3) is 0.588. The Bertz CT molecular complexity index is 478. The van der Waals surface area contributed by atoms with Crippen molar-refractivity contribution in [1.29, 1.82) is 0 Å². The molecule has 1 amide bonds. The Balaban J connectivity index is 0.00000441. The van der Waals surface area contributed by atoms with Crippen LogP contribution in [0.1, 0.15) is 45.2 Å². The maximum absolute atomic E-state index is 12.0. The van der Waals surface area contributed by atoms with Gasteiger partial charge in [-0.15, -0.1) is 12.4 Å². The van der Waals surface area contributed by atoms with Crippen LogP contribution in [0.4, 0.5) is 0 Å². The van der Waals surface area contributed by atoms with Crippen LogP contribution in [-0.4, -0.2) is 18.1 Å². The third kappa shape index (κ3) is 6.24. The molecule has 0 fully saturated rings. The number of ether oxygens (including phenoxy) is 1. The minimum absolute atomic E-state index is 0. The molecule has 1 aromatic rings. The van der Waals surface area contributed by atoms with Crippen molar-refractivity contribution in [3.8, 4) is 5.75 Å². The average Bonchev–Trinajstić information content (AvgIpc) is 2.44. The second-order valence-corrected chi connectivity index (χ2v) is 5.81. The molecule has 3 atom stereocenters. The predicted octanol–water partition coefficient (Wildman–Crippen LogP) is 3.19. The predicted molar refractivity (Wildman–Crippen MR) is 93.5 cm³/mol. The number of halogens is 1. The molecule has 3 N–H and O–H groups in total. The highest BCUT2D eigenvalue weighted by atomic mass is 35.5. The summed E-state index contributed by atoms with van der Waals surface area (Å²) in [7, 11) is 0. The first kappa shape index (κ1) is 20.7. The summed E-state index contributed by atoms with van der Waals surface area (Å²) in [6.45, 7) is 10.3. The zero-order valence-electron chi connectivity index (χ0n) is 14.2. The number of amides is 1. The zero-order valence-corrected chi connectivity index (χ0v) is 15.0. The zero-order chi connectivity index (χ0) is 16.0. The Morgan fingerprint density at radius 1 is 1.32 bits per heavy atom. The standard InChI is InChI=1S/C17H28N2O2.ClH/c1-6-12(3)21-16-9-11(2)7-8-15(16)10-19-17(20)13(4)14(5)18;/h7-9,12-14H,6,10,18H2,1-5H3,(H,19,20);1H. The Kier molecular flexibility index (Phi) is 9.14. The second-order valence-electron chi connectivity index (χ2n) is 5.81. The van der Waals surface area contributed by atoms with Gasteiger partial charge in [0.05, 0.1) is 6.10 Å². The van der Waals surface area contributed by atoms with Gasteiger partial charge in [-0.1, -0.05) is 26.0 Å². The Labute approximate surface area is 140 Å². The third-order valence-corrected chi connectivity index (χ3v) is 3.78. The van der Waals surface area contributed by atoms with E-state index in [-0.39, 0.29) is 36.4 Å². The summed E-state index contributed by atoms with van der Waals surface area (Å²) < 4.78 is 5.94. The molecule has 126 valence electrons. The van der Waals surface area contributed by atoms with Crippen LogP contribution in [-0.2, 0) is 11.3 Å². The molecule has 0 heterocycles. The van der Waals surface area contributed by atoms with Gasteiger partial charge < -0.3 is 15.8 Å². The van der Waals surface area contributed by atoms with Crippen LogP contribution >= 0.6 is 12.4 Å². The highest BCUT2D eigenvalue weighted by Crippen LogP contribution is 2.22. The summed E-state index contributed by atoms with van der Waals surface area (Å²) in [5, 5.41) is 2.93. The number of hydrogen-bond donors (Lipinski definition) is 2. The number of benzene rings is 1. The Hall–Kier alpha value is -1.26. The van der Waals surface area contributed by atoms with Crippen molar-refractivity contribution in [3.05, 3.63) is 29.3 Å². The number of hydrogen-bond acceptors (Lipinski definition) is 3. The molecule has 1 rings (SSSR count). The van der Waals surface area contributed by atoms with Gasteiger partial charge in [0.15, 0.2) is 0 Å². The van der Waals surface area contributed by atoms with Gasteiger partial charge in [0.25, 0.3) is 0 Å². The Morgan fingerprint density at radius 2 is 1.95 bits per heavy atom. The van der Waals surface area contributed by atoms with E-state index in [1.54, 1.807) is 0 Å². The van der Waals surface area contributed by atoms with Crippen molar-refractivity contribution in [2.75, 3.05) is 0 Å². The van der Waals surface area contributed by atoms with Gasteiger partial charge in [0.2, 0.25) is 5.91 Å². The van der Waals surface area contributed by atoms with E-state index >= 15 is 0 Å². The molecule has 22 heavy (non-hydrogen) atoms. The monoisotopic (exact) mass is 328 g/mol. The van der Waals surface area contributed by atoms with Crippen molar-refractivity contribution in [2.45, 2.75) is 59.7 Å². The molecule has 4 nitrogen and oxygen atoms in total. The molecule has 3 unspecified atom stereocenters. The molecule has 0 bridgehead atoms. The van der Waals surface area contributed by atoms with Gasteiger partial charge in [-0.05, 0) is 38.8 Å². The number of carbonyl (C=O) groups excluding carboxylic acids is 1. The summed E-state index contributed by atoms with van der Waals surface area (Å²) in [6, 6.07) is 5.89. The molecule has 0 aliphatic heterocycles. The van der Waals surface area contributed by atoms with Gasteiger partial charge >= 0.3 is 0 Å². The van der Waals surface area contributed by atoms with Crippen LogP contribution in [0.3, 0.4) is 0 Å². The van der Waals surface area contributed by atoms with E-state index in [0.717, 1.165) is 23.3 Å². The molecule has 0 spiro atoms. The average molecular weight is 329 g/mol. The lowest BCUT2D eigenvalue weighted by molar-refractivity contribution is -0.125. The first-order valence-corrected chi connectivity index (χ1v) is 7.64. The van der Waals surface area contributed by atoms with Crippen molar-refractivity contribution in [3.63, 3.8) is 0 Å². The summed E-state index contributed by atoms with van der Waals surface area (Å²) in [5.41, 5.74) is 7.89. The molecule has 0 radical (unpaired) electrons. The van der Waals surface area contributed by atoms with Gasteiger partial charge in [0, 0.05) is 24.1 Å².